The lowest BCUT2D eigenvalue weighted by Gasteiger charge is -2.39. The van der Waals surface area contributed by atoms with Crippen molar-refractivity contribution in [3.63, 3.8) is 0 Å². The third kappa shape index (κ3) is 5.52. The summed E-state index contributed by atoms with van der Waals surface area (Å²) >= 11 is 0. The molecular weight excluding hydrogens is 654 g/mol. The van der Waals surface area contributed by atoms with E-state index in [4.69, 9.17) is 14.2 Å². The molecule has 1 aliphatic carbocycles. The van der Waals surface area contributed by atoms with Crippen LogP contribution in [0.2, 0.25) is 0 Å². The quantitative estimate of drug-likeness (QED) is 0.259. The number of carbonyl (C=O) groups excluding carboxylic acids is 4. The van der Waals surface area contributed by atoms with E-state index in [1.54, 1.807) is 50.2 Å². The second kappa shape index (κ2) is 12.0. The number of hydrogen-bond acceptors (Lipinski definition) is 10. The molecule has 3 fully saturated rings. The molecule has 51 heavy (non-hydrogen) atoms. The lowest BCUT2D eigenvalue weighted by atomic mass is 9.96. The zero-order valence-corrected chi connectivity index (χ0v) is 28.8. The average molecular weight is 692 g/mol. The molecule has 4 aromatic rings. The predicted octanol–water partition coefficient (Wildman–Crippen LogP) is 3.33. The average Bonchev–Trinajstić information content (AvgIpc) is 3.82. The molecule has 4 aliphatic rings. The van der Waals surface area contributed by atoms with Gasteiger partial charge in [0, 0.05) is 62.2 Å². The molecule has 13 heteroatoms. The first kappa shape index (κ1) is 32.6. The highest BCUT2D eigenvalue weighted by molar-refractivity contribution is 6.23. The molecular formula is C38H37N5O8. The number of aromatic nitrogens is 2. The normalized spacial score (nSPS) is 19.9. The standard InChI is InChI=1S/C38H37N5O8/c1-38(9-10-38)32-14-24-26(15-39-32)35(46)41(2)18-27(24)20-11-30(49-3)28(31(12-20)50-4)19-42-16-22(17-42)51-21-5-6-23-25(13-21)37(48)43(36(23)47)29-7-8-33(44)40-34(29)45/h5-6,11-15,18,22,29H,7-10,16-17,19H2,1-4H3,(H,40,44,45). The van der Waals surface area contributed by atoms with Gasteiger partial charge in [0.25, 0.3) is 17.4 Å². The van der Waals surface area contributed by atoms with Crippen LogP contribution < -0.4 is 25.1 Å². The van der Waals surface area contributed by atoms with E-state index in [9.17, 15) is 24.0 Å². The summed E-state index contributed by atoms with van der Waals surface area (Å²) in [5, 5.41) is 3.61. The Bertz CT molecular complexity index is 2210. The number of nitrogens with zero attached hydrogens (tertiary/aromatic N) is 4. The minimum absolute atomic E-state index is 0.0422. The van der Waals surface area contributed by atoms with Crippen molar-refractivity contribution >= 4 is 34.4 Å². The summed E-state index contributed by atoms with van der Waals surface area (Å²) in [6.45, 7) is 3.92. The topological polar surface area (TPSA) is 149 Å². The fourth-order valence-electron chi connectivity index (χ4n) is 7.33. The maximum Gasteiger partial charge on any atom is 0.262 e. The zero-order chi connectivity index (χ0) is 35.8. The van der Waals surface area contributed by atoms with Crippen molar-refractivity contribution in [2.45, 2.75) is 56.7 Å². The van der Waals surface area contributed by atoms with Gasteiger partial charge in [-0.1, -0.05) is 6.92 Å². The van der Waals surface area contributed by atoms with Gasteiger partial charge in [0.2, 0.25) is 11.8 Å². The van der Waals surface area contributed by atoms with Crippen LogP contribution in [0.1, 0.15) is 64.6 Å². The number of nitrogens with one attached hydrogen (secondary N) is 1. The molecule has 1 unspecified atom stereocenters. The molecule has 0 bridgehead atoms. The van der Waals surface area contributed by atoms with Crippen molar-refractivity contribution in [1.82, 2.24) is 24.7 Å². The summed E-state index contributed by atoms with van der Waals surface area (Å²) in [6, 6.07) is 9.72. The van der Waals surface area contributed by atoms with Gasteiger partial charge in [0.1, 0.15) is 29.4 Å². The highest BCUT2D eigenvalue weighted by Gasteiger charge is 2.45. The lowest BCUT2D eigenvalue weighted by molar-refractivity contribution is -0.136. The van der Waals surface area contributed by atoms with Crippen LogP contribution in [0.15, 0.2) is 53.6 Å². The van der Waals surface area contributed by atoms with Crippen molar-refractivity contribution in [1.29, 1.82) is 0 Å². The molecule has 13 nitrogen and oxygen atoms in total. The number of imide groups is 2. The molecule has 0 spiro atoms. The van der Waals surface area contributed by atoms with Crippen LogP contribution in [-0.4, -0.2) is 82.4 Å². The van der Waals surface area contributed by atoms with Crippen LogP contribution in [0.25, 0.3) is 21.9 Å². The Morgan fingerprint density at radius 1 is 0.902 bits per heavy atom. The van der Waals surface area contributed by atoms with Crippen LogP contribution in [0, 0.1) is 0 Å². The van der Waals surface area contributed by atoms with Gasteiger partial charge < -0.3 is 18.8 Å². The lowest BCUT2D eigenvalue weighted by Crippen LogP contribution is -2.54. The molecule has 2 saturated heterocycles. The molecule has 2 aromatic carbocycles. The smallest absolute Gasteiger partial charge is 0.262 e. The Balaban J connectivity index is 0.985. The van der Waals surface area contributed by atoms with Gasteiger partial charge in [-0.15, -0.1) is 0 Å². The van der Waals surface area contributed by atoms with E-state index in [0.29, 0.717) is 42.3 Å². The fourth-order valence-corrected chi connectivity index (χ4v) is 7.33. The van der Waals surface area contributed by atoms with Gasteiger partial charge in [-0.2, -0.15) is 0 Å². The largest absolute Gasteiger partial charge is 0.496 e. The second-order valence-corrected chi connectivity index (χ2v) is 14.1. The molecule has 1 atom stereocenters. The van der Waals surface area contributed by atoms with E-state index in [1.807, 2.05) is 18.3 Å². The number of likely N-dealkylation sites (tertiary alicyclic amines) is 1. The Morgan fingerprint density at radius 3 is 2.27 bits per heavy atom. The zero-order valence-electron chi connectivity index (χ0n) is 28.8. The number of methoxy groups -OCH3 is 2. The number of pyridine rings is 2. The number of fused-ring (bicyclic) bond motifs is 2. The SMILES string of the molecule is COc1cc(-c2cn(C)c(=O)c3cnc(C4(C)CC4)cc23)cc(OC)c1CN1CC(Oc2ccc3c(c2)C(=O)N(C2CCC(=O)NC2=O)C3=O)C1. The Labute approximate surface area is 293 Å². The third-order valence-electron chi connectivity index (χ3n) is 10.6. The fraction of sp³-hybridized carbons (Fsp3) is 0.368. The van der Waals surface area contributed by atoms with Crippen molar-refractivity contribution in [3.8, 4) is 28.4 Å². The monoisotopic (exact) mass is 691 g/mol. The molecule has 1 N–H and O–H groups in total. The molecule has 4 amide bonds. The number of ether oxygens (including phenoxy) is 3. The summed E-state index contributed by atoms with van der Waals surface area (Å²) in [4.78, 5) is 71.1. The number of piperidine rings is 1. The Morgan fingerprint density at radius 2 is 1.61 bits per heavy atom. The van der Waals surface area contributed by atoms with E-state index < -0.39 is 29.7 Å². The molecule has 3 aliphatic heterocycles. The minimum atomic E-state index is -1.02. The summed E-state index contributed by atoms with van der Waals surface area (Å²) in [6.07, 6.45) is 5.69. The molecule has 5 heterocycles. The number of aryl methyl sites for hydroxylation is 1. The Hall–Kier alpha value is -5.56. The number of amides is 4. The summed E-state index contributed by atoms with van der Waals surface area (Å²) in [7, 11) is 4.99. The van der Waals surface area contributed by atoms with Crippen LogP contribution in [0.4, 0.5) is 0 Å². The predicted molar refractivity (Wildman–Crippen MR) is 185 cm³/mol. The first-order valence-corrected chi connectivity index (χ1v) is 17.0. The van der Waals surface area contributed by atoms with Crippen LogP contribution in [0.3, 0.4) is 0 Å². The maximum absolute atomic E-state index is 13.2. The third-order valence-corrected chi connectivity index (χ3v) is 10.6. The number of hydrogen-bond donors (Lipinski definition) is 1. The van der Waals surface area contributed by atoms with Crippen LogP contribution in [0.5, 0.6) is 17.2 Å². The maximum atomic E-state index is 13.2. The van der Waals surface area contributed by atoms with Gasteiger partial charge in [0.05, 0.1) is 36.3 Å². The number of carbonyl (C=O) groups is 4. The van der Waals surface area contributed by atoms with Crippen molar-refractivity contribution in [2.75, 3.05) is 27.3 Å². The highest BCUT2D eigenvalue weighted by atomic mass is 16.5. The van der Waals surface area contributed by atoms with E-state index in [2.05, 4.69) is 28.2 Å². The van der Waals surface area contributed by atoms with Gasteiger partial charge in [-0.3, -0.25) is 44.1 Å². The molecule has 1 saturated carbocycles. The van der Waals surface area contributed by atoms with E-state index in [-0.39, 0.29) is 41.0 Å². The minimum Gasteiger partial charge on any atom is -0.496 e. The second-order valence-electron chi connectivity index (χ2n) is 14.1. The Kier molecular flexibility index (Phi) is 7.71. The van der Waals surface area contributed by atoms with Gasteiger partial charge >= 0.3 is 0 Å². The van der Waals surface area contributed by atoms with Gasteiger partial charge in [-0.05, 0) is 66.6 Å². The summed E-state index contributed by atoms with van der Waals surface area (Å²) in [5.41, 5.74) is 3.92. The van der Waals surface area contributed by atoms with Gasteiger partial charge in [-0.25, -0.2) is 0 Å². The van der Waals surface area contributed by atoms with Crippen LogP contribution in [-0.2, 0) is 28.6 Å². The van der Waals surface area contributed by atoms with Crippen LogP contribution >= 0.6 is 0 Å². The first-order chi connectivity index (χ1) is 24.5. The van der Waals surface area contributed by atoms with E-state index in [0.717, 1.165) is 45.5 Å². The molecule has 0 radical (unpaired) electrons. The van der Waals surface area contributed by atoms with Gasteiger partial charge in [0.15, 0.2) is 0 Å². The molecule has 2 aromatic heterocycles. The first-order valence-electron chi connectivity index (χ1n) is 17.0. The van der Waals surface area contributed by atoms with Crippen molar-refractivity contribution < 1.29 is 33.4 Å². The number of rotatable bonds is 9. The summed E-state index contributed by atoms with van der Waals surface area (Å²) < 4.78 is 19.6. The molecule has 262 valence electrons. The van der Waals surface area contributed by atoms with E-state index >= 15 is 0 Å². The highest BCUT2D eigenvalue weighted by Crippen LogP contribution is 2.47. The van der Waals surface area contributed by atoms with Crippen molar-refractivity contribution in [2.24, 2.45) is 7.05 Å². The summed E-state index contributed by atoms with van der Waals surface area (Å²) in [5.74, 6) is -0.446. The van der Waals surface area contributed by atoms with E-state index in [1.165, 1.54) is 0 Å². The molecule has 8 rings (SSSR count). The van der Waals surface area contributed by atoms with Crippen molar-refractivity contribution in [3.05, 3.63) is 81.5 Å². The number of benzene rings is 2.